The molecule has 1 rings (SSSR count). The van der Waals surface area contributed by atoms with Crippen molar-refractivity contribution in [1.29, 1.82) is 0 Å². The number of carboxylic acid groups (broad SMARTS) is 1. The smallest absolute Gasteiger partial charge is 0.471 e. The Labute approximate surface area is 81.5 Å². The molecule has 1 N–H and O–H groups in total. The van der Waals surface area contributed by atoms with Crippen molar-refractivity contribution in [3.63, 3.8) is 0 Å². The second kappa shape index (κ2) is 3.67. The van der Waals surface area contributed by atoms with Gasteiger partial charge in [-0.3, -0.25) is 4.79 Å². The second-order valence-electron chi connectivity index (χ2n) is 3.14. The van der Waals surface area contributed by atoms with E-state index in [-0.39, 0.29) is 4.90 Å². The first kappa shape index (κ1) is 11.7. The van der Waals surface area contributed by atoms with Crippen molar-refractivity contribution < 1.29 is 32.3 Å². The molecule has 1 amide bonds. The van der Waals surface area contributed by atoms with Crippen molar-refractivity contribution >= 4 is 11.9 Å². The molecule has 0 aromatic carbocycles. The van der Waals surface area contributed by atoms with Crippen LogP contribution in [-0.2, 0) is 9.59 Å². The zero-order valence-electron chi connectivity index (χ0n) is 7.29. The normalized spacial score (nSPS) is 26.8. The molecule has 2 atom stereocenters. The van der Waals surface area contributed by atoms with E-state index in [1.807, 2.05) is 0 Å². The molecule has 1 aliphatic heterocycles. The predicted molar refractivity (Wildman–Crippen MR) is 38.7 cm³/mol. The summed E-state index contributed by atoms with van der Waals surface area (Å²) in [6.45, 7) is -0.824. The number of nitrogens with zero attached hydrogens (tertiary/aromatic N) is 1. The Hall–Kier alpha value is -1.34. The number of carboxylic acids is 1. The van der Waals surface area contributed by atoms with Gasteiger partial charge in [0.05, 0.1) is 6.54 Å². The second-order valence-corrected chi connectivity index (χ2v) is 3.14. The Kier molecular flexibility index (Phi) is 2.87. The zero-order chi connectivity index (χ0) is 11.8. The van der Waals surface area contributed by atoms with Crippen LogP contribution in [0.2, 0.25) is 0 Å². The maximum Gasteiger partial charge on any atom is 0.471 e. The number of hydrogen-bond acceptors (Lipinski definition) is 2. The third kappa shape index (κ3) is 2.37. The van der Waals surface area contributed by atoms with Crippen LogP contribution in [0.25, 0.3) is 0 Å². The van der Waals surface area contributed by atoms with Gasteiger partial charge in [-0.05, 0) is 0 Å². The van der Waals surface area contributed by atoms with Gasteiger partial charge in [0.15, 0.2) is 0 Å². The van der Waals surface area contributed by atoms with Gasteiger partial charge in [0.1, 0.15) is 12.2 Å². The number of carbonyl (C=O) groups excluding carboxylic acids is 1. The molecule has 0 aromatic rings. The molecule has 1 saturated heterocycles. The fourth-order valence-electron chi connectivity index (χ4n) is 1.41. The van der Waals surface area contributed by atoms with Crippen LogP contribution in [0.3, 0.4) is 0 Å². The third-order valence-electron chi connectivity index (χ3n) is 2.04. The highest BCUT2D eigenvalue weighted by molar-refractivity contribution is 5.87. The molecule has 8 heteroatoms. The lowest BCUT2D eigenvalue weighted by Gasteiger charge is -2.21. The summed E-state index contributed by atoms with van der Waals surface area (Å²) in [5, 5.41) is 8.49. The van der Waals surface area contributed by atoms with Gasteiger partial charge in [-0.1, -0.05) is 0 Å². The molecule has 15 heavy (non-hydrogen) atoms. The van der Waals surface area contributed by atoms with E-state index in [9.17, 15) is 27.2 Å². The summed E-state index contributed by atoms with van der Waals surface area (Å²) >= 11 is 0. The van der Waals surface area contributed by atoms with Crippen LogP contribution in [0.15, 0.2) is 0 Å². The Morgan fingerprint density at radius 3 is 2.27 bits per heavy atom. The minimum atomic E-state index is -5.17. The maximum absolute atomic E-state index is 12.7. The van der Waals surface area contributed by atoms with Gasteiger partial charge < -0.3 is 10.0 Å². The number of likely N-dealkylation sites (tertiary alicyclic amines) is 1. The van der Waals surface area contributed by atoms with E-state index in [0.717, 1.165) is 0 Å². The lowest BCUT2D eigenvalue weighted by molar-refractivity contribution is -0.188. The van der Waals surface area contributed by atoms with Crippen LogP contribution >= 0.6 is 0 Å². The van der Waals surface area contributed by atoms with Gasteiger partial charge in [-0.25, -0.2) is 9.18 Å². The van der Waals surface area contributed by atoms with Crippen LogP contribution in [0, 0.1) is 0 Å². The number of amides is 1. The summed E-state index contributed by atoms with van der Waals surface area (Å²) in [7, 11) is 0. The molecule has 0 aliphatic carbocycles. The van der Waals surface area contributed by atoms with Crippen LogP contribution < -0.4 is 0 Å². The van der Waals surface area contributed by atoms with Crippen molar-refractivity contribution in [2.75, 3.05) is 6.54 Å². The Morgan fingerprint density at radius 1 is 1.33 bits per heavy atom. The lowest BCUT2D eigenvalue weighted by Crippen LogP contribution is -2.46. The van der Waals surface area contributed by atoms with Crippen molar-refractivity contribution in [1.82, 2.24) is 4.90 Å². The summed E-state index contributed by atoms with van der Waals surface area (Å²) in [4.78, 5) is 21.2. The zero-order valence-corrected chi connectivity index (χ0v) is 7.29. The highest BCUT2D eigenvalue weighted by atomic mass is 19.4. The lowest BCUT2D eigenvalue weighted by atomic mass is 10.2. The molecule has 0 saturated carbocycles. The third-order valence-corrected chi connectivity index (χ3v) is 2.04. The summed E-state index contributed by atoms with van der Waals surface area (Å²) in [6.07, 6.45) is -7.49. The maximum atomic E-state index is 12.7. The van der Waals surface area contributed by atoms with Crippen LogP contribution in [-0.4, -0.2) is 46.8 Å². The molecular weight excluding hydrogens is 222 g/mol. The average molecular weight is 229 g/mol. The first-order valence-corrected chi connectivity index (χ1v) is 3.98. The van der Waals surface area contributed by atoms with E-state index < -0.39 is 43.2 Å². The molecular formula is C7H7F4NO3. The molecule has 1 heterocycles. The fourth-order valence-corrected chi connectivity index (χ4v) is 1.41. The van der Waals surface area contributed by atoms with Crippen LogP contribution in [0.5, 0.6) is 0 Å². The van der Waals surface area contributed by atoms with E-state index in [2.05, 4.69) is 0 Å². The Morgan fingerprint density at radius 2 is 1.87 bits per heavy atom. The van der Waals surface area contributed by atoms with E-state index in [1.165, 1.54) is 0 Å². The molecule has 0 spiro atoms. The highest BCUT2D eigenvalue weighted by Crippen LogP contribution is 2.27. The van der Waals surface area contributed by atoms with Gasteiger partial charge in [0.2, 0.25) is 0 Å². The average Bonchev–Trinajstić information content (AvgIpc) is 2.44. The number of aliphatic carboxylic acids is 1. The van der Waals surface area contributed by atoms with Gasteiger partial charge in [-0.15, -0.1) is 0 Å². The molecule has 1 fully saturated rings. The topological polar surface area (TPSA) is 57.6 Å². The summed E-state index contributed by atoms with van der Waals surface area (Å²) < 4.78 is 48.6. The van der Waals surface area contributed by atoms with Gasteiger partial charge in [0.25, 0.3) is 0 Å². The Balaban J connectivity index is 2.85. The summed E-state index contributed by atoms with van der Waals surface area (Å²) in [5.74, 6) is -3.94. The van der Waals surface area contributed by atoms with Crippen LogP contribution in [0.1, 0.15) is 6.42 Å². The van der Waals surface area contributed by atoms with Crippen molar-refractivity contribution in [2.24, 2.45) is 0 Å². The molecule has 86 valence electrons. The summed E-state index contributed by atoms with van der Waals surface area (Å²) in [5.41, 5.74) is 0. The van der Waals surface area contributed by atoms with Gasteiger partial charge >= 0.3 is 18.1 Å². The number of carbonyl (C=O) groups is 2. The van der Waals surface area contributed by atoms with Crippen molar-refractivity contribution in [3.05, 3.63) is 0 Å². The largest absolute Gasteiger partial charge is 0.480 e. The number of alkyl halides is 4. The minimum absolute atomic E-state index is 0.00694. The summed E-state index contributed by atoms with van der Waals surface area (Å²) in [6, 6.07) is -1.73. The SMILES string of the molecule is O=C(O)[C@@H]1C[C@@H](F)CN1C(=O)C(F)(F)F. The molecule has 0 radical (unpaired) electrons. The van der Waals surface area contributed by atoms with E-state index in [1.54, 1.807) is 0 Å². The monoisotopic (exact) mass is 229 g/mol. The van der Waals surface area contributed by atoms with E-state index in [0.29, 0.717) is 0 Å². The number of halogens is 4. The number of rotatable bonds is 1. The molecule has 0 bridgehead atoms. The molecule has 1 aliphatic rings. The first-order valence-electron chi connectivity index (χ1n) is 3.98. The Bertz CT molecular complexity index is 290. The van der Waals surface area contributed by atoms with Gasteiger partial charge in [0, 0.05) is 6.42 Å². The van der Waals surface area contributed by atoms with Crippen molar-refractivity contribution in [3.8, 4) is 0 Å². The quantitative estimate of drug-likeness (QED) is 0.669. The minimum Gasteiger partial charge on any atom is -0.480 e. The number of hydrogen-bond donors (Lipinski definition) is 1. The van der Waals surface area contributed by atoms with E-state index in [4.69, 9.17) is 5.11 Å². The highest BCUT2D eigenvalue weighted by Gasteiger charge is 2.50. The predicted octanol–water partition coefficient (Wildman–Crippen LogP) is 0.572. The molecule has 0 unspecified atom stereocenters. The standard InChI is InChI=1S/C7H7F4NO3/c8-3-1-4(5(13)14)12(2-3)6(15)7(9,10)11/h3-4H,1-2H2,(H,13,14)/t3-,4+/m1/s1. The van der Waals surface area contributed by atoms with E-state index >= 15 is 0 Å². The van der Waals surface area contributed by atoms with Gasteiger partial charge in [-0.2, -0.15) is 13.2 Å². The van der Waals surface area contributed by atoms with Crippen molar-refractivity contribution in [2.45, 2.75) is 24.8 Å². The fraction of sp³-hybridized carbons (Fsp3) is 0.714. The molecule has 0 aromatic heterocycles. The van der Waals surface area contributed by atoms with Crippen LogP contribution in [0.4, 0.5) is 17.6 Å². The first-order chi connectivity index (χ1) is 6.73. The molecule has 4 nitrogen and oxygen atoms in total.